The van der Waals surface area contributed by atoms with E-state index in [0.717, 1.165) is 0 Å². The molecule has 0 fully saturated rings. The summed E-state index contributed by atoms with van der Waals surface area (Å²) in [6.07, 6.45) is 0. The van der Waals surface area contributed by atoms with Crippen molar-refractivity contribution in [3.63, 3.8) is 0 Å². The number of benzene rings is 3. The first-order chi connectivity index (χ1) is 24.5. The van der Waals surface area contributed by atoms with Crippen molar-refractivity contribution >= 4 is 20.5 Å². The van der Waals surface area contributed by atoms with Crippen LogP contribution < -0.4 is 14.2 Å². The first kappa shape index (κ1) is 41.7. The van der Waals surface area contributed by atoms with E-state index in [1.165, 1.54) is 0 Å². The highest BCUT2D eigenvalue weighted by molar-refractivity contribution is 7.44. The van der Waals surface area contributed by atoms with Gasteiger partial charge in [-0.05, 0) is 102 Å². The second kappa shape index (κ2) is 19.8. The first-order valence-electron chi connectivity index (χ1n) is 17.2. The van der Waals surface area contributed by atoms with Crippen LogP contribution in [0.25, 0.3) is 0 Å². The van der Waals surface area contributed by atoms with Crippen LogP contribution in [0.4, 0.5) is 0 Å². The highest BCUT2D eigenvalue weighted by Crippen LogP contribution is 2.48. The minimum atomic E-state index is -2.04. The predicted octanol–water partition coefficient (Wildman–Crippen LogP) is 7.53. The van der Waals surface area contributed by atoms with Crippen molar-refractivity contribution in [2.24, 2.45) is 5.41 Å². The lowest BCUT2D eigenvalue weighted by Gasteiger charge is -2.40. The summed E-state index contributed by atoms with van der Waals surface area (Å²) in [5.41, 5.74) is -1.34. The third-order valence-corrected chi connectivity index (χ3v) is 10.4. The zero-order chi connectivity index (χ0) is 37.6. The van der Waals surface area contributed by atoms with E-state index in [1.807, 2.05) is 107 Å². The van der Waals surface area contributed by atoms with Gasteiger partial charge in [0.1, 0.15) is 22.8 Å². The van der Waals surface area contributed by atoms with E-state index in [9.17, 15) is 9.59 Å². The molecule has 3 aromatic rings. The summed E-state index contributed by atoms with van der Waals surface area (Å²) in [4.78, 5) is 28.4. The number of hydrogen-bond acceptors (Lipinski definition) is 11. The Hall–Kier alpha value is -3.73. The summed E-state index contributed by atoms with van der Waals surface area (Å²) < 4.78 is 49.4. The highest BCUT2D eigenvalue weighted by Gasteiger charge is 2.53. The van der Waals surface area contributed by atoms with Crippen molar-refractivity contribution in [3.05, 3.63) is 89.5 Å². The molecule has 0 saturated heterocycles. The van der Waals surface area contributed by atoms with Crippen molar-refractivity contribution in [2.45, 2.75) is 66.2 Å². The standard InChI is InChI=1S/C39H54NO10P/c1-11-46-36(41)38(37(42)47-12-2,27-50-51(49-13-3)40(28(4)5)29(6)7)26-48-39(30-14-20-33(43-8)21-15-30,31-16-22-34(44-9)23-17-31)32-18-24-35(45-10)25-19-32/h14-25,28-29H,11-13,26-27H2,1-10H3. The van der Waals surface area contributed by atoms with Crippen LogP contribution in [0.2, 0.25) is 0 Å². The van der Waals surface area contributed by atoms with E-state index in [4.69, 9.17) is 37.5 Å². The Morgan fingerprint density at radius 1 is 0.588 bits per heavy atom. The number of carbonyl (C=O) groups excluding carboxylic acids is 2. The Labute approximate surface area is 304 Å². The monoisotopic (exact) mass is 727 g/mol. The van der Waals surface area contributed by atoms with Crippen LogP contribution in [0.3, 0.4) is 0 Å². The second-order valence-electron chi connectivity index (χ2n) is 12.2. The molecule has 0 spiro atoms. The van der Waals surface area contributed by atoms with Crippen molar-refractivity contribution in [1.29, 1.82) is 0 Å². The lowest BCUT2D eigenvalue weighted by molar-refractivity contribution is -0.183. The number of hydrogen-bond donors (Lipinski definition) is 0. The van der Waals surface area contributed by atoms with Gasteiger partial charge in [0.15, 0.2) is 0 Å². The van der Waals surface area contributed by atoms with Gasteiger partial charge in [0.2, 0.25) is 5.41 Å². The van der Waals surface area contributed by atoms with Gasteiger partial charge in [0.05, 0.1) is 54.4 Å². The summed E-state index contributed by atoms with van der Waals surface area (Å²) in [5.74, 6) is 0.262. The van der Waals surface area contributed by atoms with E-state index in [2.05, 4.69) is 4.67 Å². The molecule has 0 aromatic heterocycles. The molecule has 0 saturated carbocycles. The molecule has 1 atom stereocenters. The molecule has 51 heavy (non-hydrogen) atoms. The number of esters is 2. The molecular weight excluding hydrogens is 673 g/mol. The highest BCUT2D eigenvalue weighted by atomic mass is 31.2. The molecule has 12 heteroatoms. The topological polar surface area (TPSA) is 111 Å². The smallest absolute Gasteiger partial charge is 0.328 e. The average molecular weight is 728 g/mol. The quantitative estimate of drug-likeness (QED) is 0.0470. The molecule has 11 nitrogen and oxygen atoms in total. The van der Waals surface area contributed by atoms with Crippen LogP contribution in [0, 0.1) is 5.41 Å². The lowest BCUT2D eigenvalue weighted by atomic mass is 9.79. The van der Waals surface area contributed by atoms with Crippen LogP contribution >= 0.6 is 8.53 Å². The molecule has 1 unspecified atom stereocenters. The molecular formula is C39H54NO10P. The van der Waals surface area contributed by atoms with Gasteiger partial charge in [0, 0.05) is 12.1 Å². The molecule has 280 valence electrons. The number of carbonyl (C=O) groups is 2. The SMILES string of the molecule is CCOC(=O)C(COP(OCC)N(C(C)C)C(C)C)(COC(c1ccc(OC)cc1)(c1ccc(OC)cc1)c1ccc(OC)cc1)C(=O)OCC. The first-order valence-corrected chi connectivity index (χ1v) is 18.4. The van der Waals surface area contributed by atoms with Gasteiger partial charge in [-0.2, -0.15) is 0 Å². The van der Waals surface area contributed by atoms with E-state index < -0.39 is 44.7 Å². The number of rotatable bonds is 21. The van der Waals surface area contributed by atoms with Crippen molar-refractivity contribution in [1.82, 2.24) is 4.67 Å². The van der Waals surface area contributed by atoms with E-state index >= 15 is 0 Å². The largest absolute Gasteiger partial charge is 0.497 e. The predicted molar refractivity (Wildman–Crippen MR) is 197 cm³/mol. The maximum Gasteiger partial charge on any atom is 0.328 e. The number of ether oxygens (including phenoxy) is 6. The minimum absolute atomic E-state index is 0.0188. The van der Waals surface area contributed by atoms with E-state index in [1.54, 1.807) is 35.2 Å². The summed E-state index contributed by atoms with van der Waals surface area (Å²) in [7, 11) is 3.08. The van der Waals surface area contributed by atoms with Gasteiger partial charge >= 0.3 is 11.9 Å². The van der Waals surface area contributed by atoms with Gasteiger partial charge in [-0.15, -0.1) is 0 Å². The number of nitrogens with zero attached hydrogens (tertiary/aromatic N) is 1. The molecule has 0 aliphatic heterocycles. The van der Waals surface area contributed by atoms with Gasteiger partial charge in [-0.1, -0.05) is 36.4 Å². The molecule has 3 rings (SSSR count). The Morgan fingerprint density at radius 2 is 0.961 bits per heavy atom. The third kappa shape index (κ3) is 9.78. The fourth-order valence-electron chi connectivity index (χ4n) is 5.78. The van der Waals surface area contributed by atoms with Gasteiger partial charge < -0.3 is 37.5 Å². The van der Waals surface area contributed by atoms with E-state index in [0.29, 0.717) is 40.5 Å². The van der Waals surface area contributed by atoms with Gasteiger partial charge in [-0.25, -0.2) is 4.67 Å². The zero-order valence-electron chi connectivity index (χ0n) is 31.6. The van der Waals surface area contributed by atoms with Crippen molar-refractivity contribution in [2.75, 3.05) is 54.4 Å². The third-order valence-electron chi connectivity index (χ3n) is 8.26. The summed E-state index contributed by atoms with van der Waals surface area (Å²) in [5, 5.41) is 0. The Morgan fingerprint density at radius 3 is 1.25 bits per heavy atom. The van der Waals surface area contributed by atoms with E-state index in [-0.39, 0.29) is 25.3 Å². The molecule has 0 heterocycles. The molecule has 0 aliphatic carbocycles. The molecule has 0 bridgehead atoms. The fourth-order valence-corrected chi connectivity index (χ4v) is 7.42. The van der Waals surface area contributed by atoms with Crippen LogP contribution in [0.15, 0.2) is 72.8 Å². The zero-order valence-corrected chi connectivity index (χ0v) is 32.5. The maximum absolute atomic E-state index is 14.2. The second-order valence-corrected chi connectivity index (χ2v) is 13.6. The van der Waals surface area contributed by atoms with Crippen molar-refractivity contribution < 1.29 is 47.1 Å². The lowest BCUT2D eigenvalue weighted by Crippen LogP contribution is -2.51. The Bertz CT molecular complexity index is 1350. The maximum atomic E-state index is 14.2. The minimum Gasteiger partial charge on any atom is -0.497 e. The molecule has 0 aliphatic rings. The Balaban J connectivity index is 2.32. The van der Waals surface area contributed by atoms with Gasteiger partial charge in [-0.3, -0.25) is 9.59 Å². The Kier molecular flexibility index (Phi) is 16.2. The number of methoxy groups -OCH3 is 3. The van der Waals surface area contributed by atoms with Crippen LogP contribution in [-0.4, -0.2) is 83.1 Å². The normalized spacial score (nSPS) is 12.6. The van der Waals surface area contributed by atoms with Crippen LogP contribution in [-0.2, 0) is 38.4 Å². The van der Waals surface area contributed by atoms with Crippen LogP contribution in [0.5, 0.6) is 17.2 Å². The summed E-state index contributed by atoms with van der Waals surface area (Å²) in [6, 6.07) is 22.4. The molecule has 0 amide bonds. The molecule has 0 radical (unpaired) electrons. The van der Waals surface area contributed by atoms with Crippen molar-refractivity contribution in [3.8, 4) is 17.2 Å². The van der Waals surface area contributed by atoms with Gasteiger partial charge in [0.25, 0.3) is 8.53 Å². The average Bonchev–Trinajstić information content (AvgIpc) is 3.13. The molecule has 3 aromatic carbocycles. The summed E-state index contributed by atoms with van der Waals surface area (Å²) in [6.45, 7) is 12.9. The van der Waals surface area contributed by atoms with Crippen LogP contribution in [0.1, 0.15) is 65.2 Å². The fraction of sp³-hybridized carbons (Fsp3) is 0.487. The molecule has 0 N–H and O–H groups in total. The summed E-state index contributed by atoms with van der Waals surface area (Å²) >= 11 is 0.